The number of fused-ring (bicyclic) bond motifs is 2. The van der Waals surface area contributed by atoms with Crippen molar-refractivity contribution in [2.75, 3.05) is 32.9 Å². The van der Waals surface area contributed by atoms with Crippen LogP contribution in [0.1, 0.15) is 69.8 Å². The summed E-state index contributed by atoms with van der Waals surface area (Å²) < 4.78 is 17.8. The molecular weight excluding hydrogens is 511 g/mol. The summed E-state index contributed by atoms with van der Waals surface area (Å²) in [5.41, 5.74) is 1.93. The molecule has 7 nitrogen and oxygen atoms in total. The molecule has 2 aliphatic rings. The molecule has 1 aromatic heterocycles. The number of pyridine rings is 1. The highest BCUT2D eigenvalue weighted by molar-refractivity contribution is 7.49. The molecule has 1 N–H and O–H groups in total. The normalized spacial score (nSPS) is 20.3. The lowest BCUT2D eigenvalue weighted by Gasteiger charge is -2.53. The van der Waals surface area contributed by atoms with Gasteiger partial charge in [0.1, 0.15) is 5.60 Å². The number of carbonyl (C=O) groups excluding carboxylic acids is 1. The average molecular weight is 551 g/mol. The summed E-state index contributed by atoms with van der Waals surface area (Å²) in [6, 6.07) is 9.63. The van der Waals surface area contributed by atoms with Crippen LogP contribution < -0.4 is 0 Å². The van der Waals surface area contributed by atoms with E-state index in [9.17, 15) is 9.90 Å². The van der Waals surface area contributed by atoms with Gasteiger partial charge in [0.2, 0.25) is 0 Å². The van der Waals surface area contributed by atoms with E-state index in [1.165, 1.54) is 0 Å². The van der Waals surface area contributed by atoms with Gasteiger partial charge < -0.3 is 23.8 Å². The lowest BCUT2D eigenvalue weighted by molar-refractivity contribution is -0.0116. The van der Waals surface area contributed by atoms with Crippen molar-refractivity contribution in [1.29, 1.82) is 0 Å². The quantitative estimate of drug-likeness (QED) is 0.398. The van der Waals surface area contributed by atoms with Crippen molar-refractivity contribution < 1.29 is 23.7 Å². The van der Waals surface area contributed by atoms with Crippen molar-refractivity contribution in [1.82, 2.24) is 9.88 Å². The van der Waals surface area contributed by atoms with Crippen LogP contribution in [0.2, 0.25) is 5.02 Å². The molecular formula is C28H40ClN2O5P. The van der Waals surface area contributed by atoms with E-state index in [0.717, 1.165) is 29.5 Å². The molecule has 4 rings (SSSR count). The third kappa shape index (κ3) is 5.67. The van der Waals surface area contributed by atoms with E-state index in [1.807, 2.05) is 58.0 Å². The fraction of sp³-hybridized carbons (Fsp3) is 0.571. The van der Waals surface area contributed by atoms with Gasteiger partial charge in [-0.1, -0.05) is 37.6 Å². The largest absolute Gasteiger partial charge is 0.450 e. The molecule has 1 saturated heterocycles. The Hall–Kier alpha value is -1.76. The molecule has 2 aromatic rings. The van der Waals surface area contributed by atoms with Gasteiger partial charge in [-0.05, 0) is 81.3 Å². The van der Waals surface area contributed by atoms with Crippen LogP contribution in [0.25, 0.3) is 0 Å². The number of hydrogen-bond donors (Lipinski definition) is 1. The molecule has 1 atom stereocenters. The third-order valence-electron chi connectivity index (χ3n) is 6.99. The summed E-state index contributed by atoms with van der Waals surface area (Å²) in [5, 5.41) is 12.9. The molecule has 0 bridgehead atoms. The van der Waals surface area contributed by atoms with Gasteiger partial charge in [-0.2, -0.15) is 0 Å². The van der Waals surface area contributed by atoms with E-state index >= 15 is 0 Å². The zero-order chi connectivity index (χ0) is 27.1. The number of halogens is 1. The second kappa shape index (κ2) is 13.3. The van der Waals surface area contributed by atoms with E-state index in [0.29, 0.717) is 56.5 Å². The maximum absolute atomic E-state index is 13.1. The maximum atomic E-state index is 13.1. The highest BCUT2D eigenvalue weighted by Crippen LogP contribution is 2.66. The zero-order valence-electron chi connectivity index (χ0n) is 22.6. The molecule has 1 aliphatic heterocycles. The smallest absolute Gasteiger partial charge is 0.409 e. The van der Waals surface area contributed by atoms with Gasteiger partial charge in [-0.3, -0.25) is 4.98 Å². The minimum absolute atomic E-state index is 0.320. The zero-order valence-corrected chi connectivity index (χ0v) is 24.3. The molecule has 1 aromatic carbocycles. The number of aliphatic hydroxyl groups is 1. The second-order valence-corrected chi connectivity index (χ2v) is 11.2. The van der Waals surface area contributed by atoms with Gasteiger partial charge in [0, 0.05) is 24.3 Å². The number of piperidine rings is 1. The van der Waals surface area contributed by atoms with Gasteiger partial charge in [-0.25, -0.2) is 4.79 Å². The molecule has 1 amide bonds. The molecule has 2 heterocycles. The Bertz CT molecular complexity index is 1040. The summed E-state index contributed by atoms with van der Waals surface area (Å²) in [7, 11) is -1.55. The highest BCUT2D eigenvalue weighted by atomic mass is 35.5. The number of amides is 1. The first-order valence-corrected chi connectivity index (χ1v) is 14.9. The fourth-order valence-corrected chi connectivity index (χ4v) is 7.71. The number of likely N-dealkylation sites (tertiary alicyclic amines) is 1. The lowest BCUT2D eigenvalue weighted by atomic mass is 9.71. The van der Waals surface area contributed by atoms with Crippen molar-refractivity contribution in [2.45, 2.75) is 71.1 Å². The molecule has 1 unspecified atom stereocenters. The number of nitrogens with zero attached hydrogens (tertiary/aromatic N) is 2. The number of ether oxygens (including phenoxy) is 1. The SMILES string of the molecule is CC.CCOC(=O)N1CCC(P(OCC)OCC)(C2(O)c3ccc(Cl)cc3CCc3cccnc32)CC1. The summed E-state index contributed by atoms with van der Waals surface area (Å²) in [6.07, 6.45) is 3.83. The monoisotopic (exact) mass is 550 g/mol. The van der Waals surface area contributed by atoms with E-state index < -0.39 is 19.1 Å². The minimum Gasteiger partial charge on any atom is -0.450 e. The number of aryl methyl sites for hydroxylation is 2. The van der Waals surface area contributed by atoms with Gasteiger partial charge in [0.15, 0.2) is 8.38 Å². The molecule has 0 saturated carbocycles. The first kappa shape index (κ1) is 29.8. The van der Waals surface area contributed by atoms with Crippen molar-refractivity contribution >= 4 is 26.1 Å². The maximum Gasteiger partial charge on any atom is 0.409 e. The summed E-state index contributed by atoms with van der Waals surface area (Å²) >= 11 is 6.40. The highest BCUT2D eigenvalue weighted by Gasteiger charge is 2.62. The minimum atomic E-state index is -1.55. The van der Waals surface area contributed by atoms with Gasteiger partial charge >= 0.3 is 6.09 Å². The Morgan fingerprint density at radius 1 is 1.05 bits per heavy atom. The number of carbonyl (C=O) groups is 1. The van der Waals surface area contributed by atoms with Crippen molar-refractivity contribution in [2.24, 2.45) is 0 Å². The van der Waals surface area contributed by atoms with Crippen molar-refractivity contribution in [3.05, 3.63) is 63.9 Å². The molecule has 9 heteroatoms. The number of aromatic nitrogens is 1. The lowest BCUT2D eigenvalue weighted by Crippen LogP contribution is -2.58. The van der Waals surface area contributed by atoms with Crippen molar-refractivity contribution in [3.63, 3.8) is 0 Å². The molecule has 1 aliphatic carbocycles. The van der Waals surface area contributed by atoms with Crippen LogP contribution in [0, 0.1) is 0 Å². The Kier molecular flexibility index (Phi) is 10.7. The van der Waals surface area contributed by atoms with Gasteiger partial charge in [-0.15, -0.1) is 0 Å². The third-order valence-corrected chi connectivity index (χ3v) is 9.68. The van der Waals surface area contributed by atoms with Gasteiger partial charge in [0.25, 0.3) is 0 Å². The molecule has 0 radical (unpaired) electrons. The number of hydrogen-bond acceptors (Lipinski definition) is 6. The van der Waals surface area contributed by atoms with Crippen LogP contribution in [0.4, 0.5) is 4.79 Å². The standard InChI is InChI=1S/C26H34ClN2O5P.C2H6/c1-4-32-24(30)29-16-13-25(14-17-29,35(33-5-2)34-6-3)26(31)22-12-11-21(27)18-20(22)10-9-19-8-7-15-28-23(19)26;1-2/h7-8,11-12,15,18,31H,4-6,9-10,13-14,16-17H2,1-3H3;1-2H3. The first-order chi connectivity index (χ1) is 17.9. The second-order valence-electron chi connectivity index (χ2n) is 8.83. The average Bonchev–Trinajstić information content (AvgIpc) is 3.05. The van der Waals surface area contributed by atoms with Crippen molar-refractivity contribution in [3.8, 4) is 0 Å². The van der Waals surface area contributed by atoms with E-state index in [1.54, 1.807) is 18.0 Å². The first-order valence-electron chi connectivity index (χ1n) is 13.3. The molecule has 0 spiro atoms. The molecule has 204 valence electrons. The summed E-state index contributed by atoms with van der Waals surface area (Å²) in [4.78, 5) is 19.0. The van der Waals surface area contributed by atoms with Crippen LogP contribution in [0.15, 0.2) is 36.5 Å². The fourth-order valence-electron chi connectivity index (χ4n) is 5.43. The number of rotatable bonds is 7. The molecule has 1 fully saturated rings. The van der Waals surface area contributed by atoms with E-state index in [4.69, 9.17) is 30.4 Å². The van der Waals surface area contributed by atoms with E-state index in [-0.39, 0.29) is 6.09 Å². The Balaban J connectivity index is 0.00000186. The summed E-state index contributed by atoms with van der Waals surface area (Å²) in [5.74, 6) is 0. The number of benzene rings is 1. The van der Waals surface area contributed by atoms with Crippen LogP contribution in [-0.2, 0) is 32.2 Å². The Morgan fingerprint density at radius 2 is 1.70 bits per heavy atom. The predicted molar refractivity (Wildman–Crippen MR) is 148 cm³/mol. The summed E-state index contributed by atoms with van der Waals surface area (Å²) in [6.45, 7) is 11.7. The Morgan fingerprint density at radius 3 is 2.32 bits per heavy atom. The van der Waals surface area contributed by atoms with Crippen LogP contribution in [0.5, 0.6) is 0 Å². The van der Waals surface area contributed by atoms with Crippen LogP contribution in [-0.4, -0.2) is 59.1 Å². The topological polar surface area (TPSA) is 81.1 Å². The van der Waals surface area contributed by atoms with E-state index in [2.05, 4.69) is 0 Å². The van der Waals surface area contributed by atoms with Crippen LogP contribution >= 0.6 is 20.0 Å². The van der Waals surface area contributed by atoms with Gasteiger partial charge in [0.05, 0.1) is 30.7 Å². The Labute approximate surface area is 227 Å². The molecule has 37 heavy (non-hydrogen) atoms. The van der Waals surface area contributed by atoms with Crippen LogP contribution in [0.3, 0.4) is 0 Å². The predicted octanol–water partition coefficient (Wildman–Crippen LogP) is 6.47.